The van der Waals surface area contributed by atoms with E-state index in [9.17, 15) is 18.0 Å². The minimum absolute atomic E-state index is 0.0415. The predicted octanol–water partition coefficient (Wildman–Crippen LogP) is -0.676. The van der Waals surface area contributed by atoms with Crippen molar-refractivity contribution in [3.05, 3.63) is 23.8 Å². The van der Waals surface area contributed by atoms with Gasteiger partial charge in [0, 0.05) is 5.69 Å². The molecule has 0 saturated carbocycles. The Morgan fingerprint density at radius 1 is 1.29 bits per heavy atom. The molecule has 17 heavy (non-hydrogen) atoms. The van der Waals surface area contributed by atoms with Gasteiger partial charge in [0.15, 0.2) is 0 Å². The molecule has 92 valence electrons. The smallest absolute Gasteiger partial charge is 0.337 e. The molecule has 0 atom stereocenters. The van der Waals surface area contributed by atoms with Crippen LogP contribution in [0.2, 0.25) is 0 Å². The molecular weight excluding hydrogens is 250 g/mol. The Morgan fingerprint density at radius 2 is 1.88 bits per heavy atom. The number of nitrogens with one attached hydrogen (secondary N) is 1. The molecular formula is C8H9N3O5S. The van der Waals surface area contributed by atoms with E-state index in [-0.39, 0.29) is 5.69 Å². The number of anilines is 1. The van der Waals surface area contributed by atoms with E-state index >= 15 is 0 Å². The lowest BCUT2D eigenvalue weighted by Gasteiger charge is -2.08. The standard InChI is InChI=1S/C8H9N3O5S/c9-4-1-2-5(7(12)13)6(3-4)17(15,16)11-8(10)14/h1-3H,9H2,(H,12,13)(H3,10,11,14). The molecule has 0 unspecified atom stereocenters. The second kappa shape index (κ2) is 4.29. The fourth-order valence-corrected chi connectivity index (χ4v) is 2.24. The lowest BCUT2D eigenvalue weighted by molar-refractivity contribution is 0.0692. The molecule has 6 N–H and O–H groups in total. The van der Waals surface area contributed by atoms with Crippen molar-refractivity contribution in [3.63, 3.8) is 0 Å². The number of aromatic carboxylic acids is 1. The number of rotatable bonds is 3. The molecule has 0 aliphatic heterocycles. The molecule has 0 aliphatic rings. The predicted molar refractivity (Wildman–Crippen MR) is 57.7 cm³/mol. The number of amides is 2. The van der Waals surface area contributed by atoms with E-state index in [1.165, 1.54) is 10.8 Å². The van der Waals surface area contributed by atoms with Gasteiger partial charge >= 0.3 is 12.0 Å². The zero-order chi connectivity index (χ0) is 13.2. The third-order valence-electron chi connectivity index (χ3n) is 1.76. The highest BCUT2D eigenvalue weighted by molar-refractivity contribution is 7.90. The maximum absolute atomic E-state index is 11.6. The SMILES string of the molecule is NC(=O)NS(=O)(=O)c1cc(N)ccc1C(=O)O. The van der Waals surface area contributed by atoms with Gasteiger partial charge in [-0.3, -0.25) is 0 Å². The Bertz CT molecular complexity index is 581. The Balaban J connectivity index is 3.43. The first-order valence-corrected chi connectivity index (χ1v) is 5.67. The third-order valence-corrected chi connectivity index (χ3v) is 3.15. The van der Waals surface area contributed by atoms with Crippen LogP contribution in [0.1, 0.15) is 10.4 Å². The molecule has 1 rings (SSSR count). The molecule has 0 saturated heterocycles. The van der Waals surface area contributed by atoms with Crippen LogP contribution in [0.25, 0.3) is 0 Å². The summed E-state index contributed by atoms with van der Waals surface area (Å²) in [6, 6.07) is 1.86. The largest absolute Gasteiger partial charge is 0.478 e. The van der Waals surface area contributed by atoms with Crippen LogP contribution < -0.4 is 16.2 Å². The summed E-state index contributed by atoms with van der Waals surface area (Å²) in [6.45, 7) is 0. The molecule has 0 aliphatic carbocycles. The van der Waals surface area contributed by atoms with Crippen LogP contribution in [-0.4, -0.2) is 25.5 Å². The fraction of sp³-hybridized carbons (Fsp3) is 0. The minimum Gasteiger partial charge on any atom is -0.478 e. The average molecular weight is 259 g/mol. The fourth-order valence-electron chi connectivity index (χ4n) is 1.13. The van der Waals surface area contributed by atoms with Gasteiger partial charge in [0.2, 0.25) is 0 Å². The van der Waals surface area contributed by atoms with Crippen LogP contribution in [0.5, 0.6) is 0 Å². The maximum Gasteiger partial charge on any atom is 0.337 e. The Kier molecular flexibility index (Phi) is 3.23. The second-order valence-electron chi connectivity index (χ2n) is 3.03. The molecule has 1 aromatic rings. The van der Waals surface area contributed by atoms with E-state index in [1.807, 2.05) is 0 Å². The number of hydrogen-bond donors (Lipinski definition) is 4. The number of sulfonamides is 1. The number of hydrogen-bond acceptors (Lipinski definition) is 5. The number of nitrogen functional groups attached to an aromatic ring is 1. The summed E-state index contributed by atoms with van der Waals surface area (Å²) < 4.78 is 24.6. The second-order valence-corrected chi connectivity index (χ2v) is 4.68. The first-order chi connectivity index (χ1) is 7.74. The van der Waals surface area contributed by atoms with Crippen molar-refractivity contribution in [2.75, 3.05) is 5.73 Å². The van der Waals surface area contributed by atoms with Crippen LogP contribution >= 0.6 is 0 Å². The van der Waals surface area contributed by atoms with Crippen molar-refractivity contribution in [3.8, 4) is 0 Å². The first-order valence-electron chi connectivity index (χ1n) is 4.19. The highest BCUT2D eigenvalue weighted by atomic mass is 32.2. The molecule has 0 spiro atoms. The summed E-state index contributed by atoms with van der Waals surface area (Å²) in [4.78, 5) is 20.7. The maximum atomic E-state index is 11.6. The van der Waals surface area contributed by atoms with Crippen molar-refractivity contribution >= 4 is 27.7 Å². The van der Waals surface area contributed by atoms with Gasteiger partial charge < -0.3 is 16.6 Å². The number of nitrogens with two attached hydrogens (primary N) is 2. The van der Waals surface area contributed by atoms with Crippen molar-refractivity contribution in [1.29, 1.82) is 0 Å². The number of carboxylic acids is 1. The van der Waals surface area contributed by atoms with Gasteiger partial charge in [-0.25, -0.2) is 22.7 Å². The van der Waals surface area contributed by atoms with Gasteiger partial charge in [-0.15, -0.1) is 0 Å². The van der Waals surface area contributed by atoms with Gasteiger partial charge in [0.05, 0.1) is 5.56 Å². The normalized spacial score (nSPS) is 10.8. The summed E-state index contributed by atoms with van der Waals surface area (Å²) in [5.41, 5.74) is 9.56. The quantitative estimate of drug-likeness (QED) is 0.528. The van der Waals surface area contributed by atoms with Crippen LogP contribution in [0, 0.1) is 0 Å². The number of carboxylic acid groups (broad SMARTS) is 1. The van der Waals surface area contributed by atoms with Crippen LogP contribution in [0.3, 0.4) is 0 Å². The van der Waals surface area contributed by atoms with Gasteiger partial charge in [-0.2, -0.15) is 0 Å². The highest BCUT2D eigenvalue weighted by Crippen LogP contribution is 2.19. The van der Waals surface area contributed by atoms with Gasteiger partial charge in [-0.05, 0) is 18.2 Å². The molecule has 9 heteroatoms. The molecule has 0 bridgehead atoms. The van der Waals surface area contributed by atoms with E-state index in [0.29, 0.717) is 0 Å². The summed E-state index contributed by atoms with van der Waals surface area (Å²) in [6.07, 6.45) is 0. The van der Waals surface area contributed by atoms with Crippen molar-refractivity contribution < 1.29 is 23.1 Å². The summed E-state index contributed by atoms with van der Waals surface area (Å²) in [5, 5.41) is 8.80. The molecule has 1 aromatic carbocycles. The van der Waals surface area contributed by atoms with Crippen molar-refractivity contribution in [1.82, 2.24) is 4.72 Å². The third kappa shape index (κ3) is 2.84. The van der Waals surface area contributed by atoms with Crippen molar-refractivity contribution in [2.45, 2.75) is 4.90 Å². The summed E-state index contributed by atoms with van der Waals surface area (Å²) in [5.74, 6) is -1.46. The molecule has 0 heterocycles. The zero-order valence-electron chi connectivity index (χ0n) is 8.38. The van der Waals surface area contributed by atoms with E-state index in [2.05, 4.69) is 5.73 Å². The Labute approximate surface area is 96.3 Å². The number of primary amides is 1. The highest BCUT2D eigenvalue weighted by Gasteiger charge is 2.23. The van der Waals surface area contributed by atoms with Crippen molar-refractivity contribution in [2.24, 2.45) is 5.73 Å². The number of carbonyl (C=O) groups is 2. The molecule has 0 fully saturated rings. The molecule has 8 nitrogen and oxygen atoms in total. The van der Waals surface area contributed by atoms with E-state index in [1.54, 1.807) is 0 Å². The number of urea groups is 1. The topological polar surface area (TPSA) is 153 Å². The number of carbonyl (C=O) groups excluding carboxylic acids is 1. The Morgan fingerprint density at radius 3 is 2.35 bits per heavy atom. The lowest BCUT2D eigenvalue weighted by Crippen LogP contribution is -2.35. The van der Waals surface area contributed by atoms with Crippen LogP contribution in [0.15, 0.2) is 23.1 Å². The minimum atomic E-state index is -4.34. The zero-order valence-corrected chi connectivity index (χ0v) is 9.19. The van der Waals surface area contributed by atoms with Gasteiger partial charge in [0.1, 0.15) is 4.90 Å². The average Bonchev–Trinajstić information content (AvgIpc) is 2.14. The van der Waals surface area contributed by atoms with E-state index < -0.39 is 32.5 Å². The molecule has 0 radical (unpaired) electrons. The summed E-state index contributed by atoms with van der Waals surface area (Å²) in [7, 11) is -4.34. The van der Waals surface area contributed by atoms with E-state index in [0.717, 1.165) is 12.1 Å². The molecule has 2 amide bonds. The summed E-state index contributed by atoms with van der Waals surface area (Å²) >= 11 is 0. The number of benzene rings is 1. The monoisotopic (exact) mass is 259 g/mol. The van der Waals surface area contributed by atoms with Gasteiger partial charge in [-0.1, -0.05) is 0 Å². The molecule has 0 aromatic heterocycles. The lowest BCUT2D eigenvalue weighted by atomic mass is 10.2. The van der Waals surface area contributed by atoms with Gasteiger partial charge in [0.25, 0.3) is 10.0 Å². The first kappa shape index (κ1) is 12.8. The van der Waals surface area contributed by atoms with Crippen LogP contribution in [0.4, 0.5) is 10.5 Å². The van der Waals surface area contributed by atoms with E-state index in [4.69, 9.17) is 10.8 Å². The Hall–Kier alpha value is -2.29. The van der Waals surface area contributed by atoms with Crippen LogP contribution in [-0.2, 0) is 10.0 Å².